The number of carbonyl (C=O) groups is 1. The third-order valence-electron chi connectivity index (χ3n) is 2.47. The summed E-state index contributed by atoms with van der Waals surface area (Å²) in [7, 11) is 1.95. The highest BCUT2D eigenvalue weighted by atomic mass is 16.1. The summed E-state index contributed by atoms with van der Waals surface area (Å²) in [5.41, 5.74) is 0. The van der Waals surface area contributed by atoms with E-state index < -0.39 is 0 Å². The van der Waals surface area contributed by atoms with E-state index in [0.29, 0.717) is 12.1 Å². The van der Waals surface area contributed by atoms with Crippen molar-refractivity contribution in [3.8, 4) is 0 Å². The lowest BCUT2D eigenvalue weighted by atomic mass is 10.0. The number of carbonyl (C=O) groups excluding carboxylic acids is 1. The quantitative estimate of drug-likeness (QED) is 0.580. The van der Waals surface area contributed by atoms with Crippen LogP contribution in [-0.2, 0) is 4.79 Å². The Morgan fingerprint density at radius 2 is 2.27 bits per heavy atom. The number of likely N-dealkylation sites (N-methyl/N-ethyl adjacent to an activating group) is 1. The molecule has 0 bridgehead atoms. The Kier molecular flexibility index (Phi) is 2.88. The number of rotatable bonds is 2. The van der Waals surface area contributed by atoms with Crippen LogP contribution in [0.4, 0.5) is 0 Å². The first-order chi connectivity index (χ1) is 5.27. The van der Waals surface area contributed by atoms with Crippen LogP contribution in [0.15, 0.2) is 0 Å². The molecule has 1 fully saturated rings. The van der Waals surface area contributed by atoms with Crippen molar-refractivity contribution >= 4 is 6.41 Å². The molecule has 64 valence electrons. The average Bonchev–Trinajstić information content (AvgIpc) is 2.05. The van der Waals surface area contributed by atoms with E-state index in [1.165, 1.54) is 6.42 Å². The van der Waals surface area contributed by atoms with E-state index in [2.05, 4.69) is 12.2 Å². The highest BCUT2D eigenvalue weighted by molar-refractivity contribution is 5.48. The lowest BCUT2D eigenvalue weighted by Gasteiger charge is -2.35. The Hall–Kier alpha value is -0.570. The van der Waals surface area contributed by atoms with Gasteiger partial charge < -0.3 is 10.2 Å². The maximum atomic E-state index is 10.5. The van der Waals surface area contributed by atoms with Gasteiger partial charge in [0, 0.05) is 18.6 Å². The fourth-order valence-corrected chi connectivity index (χ4v) is 1.52. The number of amides is 1. The zero-order chi connectivity index (χ0) is 8.27. The third-order valence-corrected chi connectivity index (χ3v) is 2.47. The normalized spacial score (nSPS) is 32.0. The molecule has 1 heterocycles. The summed E-state index contributed by atoms with van der Waals surface area (Å²) in [6.07, 6.45) is 3.25. The minimum Gasteiger partial charge on any atom is -0.341 e. The maximum absolute atomic E-state index is 10.5. The van der Waals surface area contributed by atoms with E-state index in [9.17, 15) is 4.79 Å². The minimum absolute atomic E-state index is 0.428. The standard InChI is InChI=1S/C8H16N2O/c1-7-3-4-8(9-2)5-10(7)6-11/h6-9H,3-5H2,1-2H3. The minimum atomic E-state index is 0.428. The van der Waals surface area contributed by atoms with Crippen LogP contribution >= 0.6 is 0 Å². The first-order valence-electron chi connectivity index (χ1n) is 4.16. The van der Waals surface area contributed by atoms with Gasteiger partial charge in [-0.05, 0) is 26.8 Å². The predicted octanol–water partition coefficient (Wildman–Crippen LogP) is 0.215. The first kappa shape index (κ1) is 8.53. The van der Waals surface area contributed by atoms with Crippen molar-refractivity contribution in [1.82, 2.24) is 10.2 Å². The molecule has 0 radical (unpaired) electrons. The molecule has 0 aromatic heterocycles. The Morgan fingerprint density at radius 1 is 1.55 bits per heavy atom. The number of hydrogen-bond acceptors (Lipinski definition) is 2. The molecule has 1 aliphatic rings. The van der Waals surface area contributed by atoms with E-state index in [1.807, 2.05) is 11.9 Å². The lowest BCUT2D eigenvalue weighted by molar-refractivity contribution is -0.121. The Labute approximate surface area is 67.8 Å². The zero-order valence-electron chi connectivity index (χ0n) is 7.21. The van der Waals surface area contributed by atoms with Gasteiger partial charge in [-0.2, -0.15) is 0 Å². The van der Waals surface area contributed by atoms with Gasteiger partial charge >= 0.3 is 0 Å². The summed E-state index contributed by atoms with van der Waals surface area (Å²) in [5, 5.41) is 3.19. The van der Waals surface area contributed by atoms with Gasteiger partial charge in [0.15, 0.2) is 0 Å². The predicted molar refractivity (Wildman–Crippen MR) is 44.3 cm³/mol. The van der Waals surface area contributed by atoms with Crippen molar-refractivity contribution in [3.05, 3.63) is 0 Å². The van der Waals surface area contributed by atoms with Crippen LogP contribution in [0.2, 0.25) is 0 Å². The number of nitrogens with zero attached hydrogens (tertiary/aromatic N) is 1. The largest absolute Gasteiger partial charge is 0.341 e. The van der Waals surface area contributed by atoms with Crippen molar-refractivity contribution < 1.29 is 4.79 Å². The van der Waals surface area contributed by atoms with Crippen LogP contribution < -0.4 is 5.32 Å². The summed E-state index contributed by atoms with van der Waals surface area (Å²) in [5.74, 6) is 0. The van der Waals surface area contributed by atoms with Gasteiger partial charge in [0.25, 0.3) is 0 Å². The second-order valence-electron chi connectivity index (χ2n) is 3.21. The molecule has 2 unspecified atom stereocenters. The highest BCUT2D eigenvalue weighted by Gasteiger charge is 2.22. The summed E-state index contributed by atoms with van der Waals surface area (Å²) in [6, 6.07) is 0.925. The Balaban J connectivity index is 2.43. The molecule has 1 aliphatic heterocycles. The summed E-state index contributed by atoms with van der Waals surface area (Å²) in [4.78, 5) is 12.4. The lowest BCUT2D eigenvalue weighted by Crippen LogP contribution is -2.47. The smallest absolute Gasteiger partial charge is 0.209 e. The van der Waals surface area contributed by atoms with Crippen LogP contribution in [0.3, 0.4) is 0 Å². The second kappa shape index (κ2) is 3.72. The Morgan fingerprint density at radius 3 is 2.82 bits per heavy atom. The fourth-order valence-electron chi connectivity index (χ4n) is 1.52. The van der Waals surface area contributed by atoms with Crippen molar-refractivity contribution in [2.75, 3.05) is 13.6 Å². The van der Waals surface area contributed by atoms with E-state index in [-0.39, 0.29) is 0 Å². The van der Waals surface area contributed by atoms with E-state index in [0.717, 1.165) is 19.4 Å². The first-order valence-corrected chi connectivity index (χ1v) is 4.16. The van der Waals surface area contributed by atoms with Crippen LogP contribution in [0, 0.1) is 0 Å². The van der Waals surface area contributed by atoms with Crippen molar-refractivity contribution in [1.29, 1.82) is 0 Å². The van der Waals surface area contributed by atoms with Gasteiger partial charge in [0.2, 0.25) is 6.41 Å². The number of nitrogens with one attached hydrogen (secondary N) is 1. The van der Waals surface area contributed by atoms with Gasteiger partial charge in [-0.15, -0.1) is 0 Å². The molecule has 3 nitrogen and oxygen atoms in total. The van der Waals surface area contributed by atoms with E-state index in [4.69, 9.17) is 0 Å². The molecule has 2 atom stereocenters. The molecular weight excluding hydrogens is 140 g/mol. The van der Waals surface area contributed by atoms with Crippen LogP contribution in [0.25, 0.3) is 0 Å². The average molecular weight is 156 g/mol. The summed E-state index contributed by atoms with van der Waals surface area (Å²) < 4.78 is 0. The van der Waals surface area contributed by atoms with Crippen molar-refractivity contribution in [2.45, 2.75) is 31.8 Å². The molecule has 1 N–H and O–H groups in total. The SMILES string of the molecule is CNC1CCC(C)N(C=O)C1. The van der Waals surface area contributed by atoms with Crippen LogP contribution in [-0.4, -0.2) is 37.0 Å². The molecule has 11 heavy (non-hydrogen) atoms. The summed E-state index contributed by atoms with van der Waals surface area (Å²) in [6.45, 7) is 2.96. The maximum Gasteiger partial charge on any atom is 0.209 e. The van der Waals surface area contributed by atoms with Crippen molar-refractivity contribution in [2.24, 2.45) is 0 Å². The van der Waals surface area contributed by atoms with E-state index >= 15 is 0 Å². The zero-order valence-corrected chi connectivity index (χ0v) is 7.21. The molecule has 0 aromatic carbocycles. The fraction of sp³-hybridized carbons (Fsp3) is 0.875. The van der Waals surface area contributed by atoms with Gasteiger partial charge in [-0.25, -0.2) is 0 Å². The molecule has 1 saturated heterocycles. The second-order valence-corrected chi connectivity index (χ2v) is 3.21. The molecule has 1 amide bonds. The van der Waals surface area contributed by atoms with Crippen LogP contribution in [0.1, 0.15) is 19.8 Å². The van der Waals surface area contributed by atoms with Gasteiger partial charge in [0.1, 0.15) is 0 Å². The van der Waals surface area contributed by atoms with Crippen LogP contribution in [0.5, 0.6) is 0 Å². The molecule has 0 spiro atoms. The molecular formula is C8H16N2O. The highest BCUT2D eigenvalue weighted by Crippen LogP contribution is 2.14. The molecule has 3 heteroatoms. The molecule has 0 aromatic rings. The Bertz CT molecular complexity index is 138. The molecule has 1 rings (SSSR count). The topological polar surface area (TPSA) is 32.3 Å². The molecule has 0 aliphatic carbocycles. The number of piperidine rings is 1. The molecule has 0 saturated carbocycles. The van der Waals surface area contributed by atoms with Gasteiger partial charge in [-0.3, -0.25) is 4.79 Å². The monoisotopic (exact) mass is 156 g/mol. The van der Waals surface area contributed by atoms with Gasteiger partial charge in [-0.1, -0.05) is 0 Å². The number of hydrogen-bond donors (Lipinski definition) is 1. The summed E-state index contributed by atoms with van der Waals surface area (Å²) >= 11 is 0. The van der Waals surface area contributed by atoms with Gasteiger partial charge in [0.05, 0.1) is 0 Å². The van der Waals surface area contributed by atoms with E-state index in [1.54, 1.807) is 0 Å². The third kappa shape index (κ3) is 1.93. The van der Waals surface area contributed by atoms with Crippen molar-refractivity contribution in [3.63, 3.8) is 0 Å². The number of likely N-dealkylation sites (tertiary alicyclic amines) is 1.